The van der Waals surface area contributed by atoms with Gasteiger partial charge in [0.2, 0.25) is 0 Å². The normalized spacial score (nSPS) is 21.6. The van der Waals surface area contributed by atoms with Crippen molar-refractivity contribution in [1.29, 1.82) is 0 Å². The zero-order valence-electron chi connectivity index (χ0n) is 16.6. The van der Waals surface area contributed by atoms with E-state index in [0.29, 0.717) is 45.3 Å². The molecular weight excluding hydrogens is 372 g/mol. The molecule has 1 N–H and O–H groups in total. The minimum Gasteiger partial charge on any atom is -0.478 e. The summed E-state index contributed by atoms with van der Waals surface area (Å²) in [5.74, 6) is 0.424. The van der Waals surface area contributed by atoms with Gasteiger partial charge in [-0.3, -0.25) is 4.90 Å². The number of fused-ring (bicyclic) bond motifs is 3. The van der Waals surface area contributed by atoms with Crippen molar-refractivity contribution in [1.82, 2.24) is 4.90 Å². The second-order valence-electron chi connectivity index (χ2n) is 7.53. The Bertz CT molecular complexity index is 798. The molecule has 29 heavy (non-hydrogen) atoms. The fraction of sp³-hybridized carbons (Fsp3) is 0.545. The van der Waals surface area contributed by atoms with Crippen molar-refractivity contribution in [2.45, 2.75) is 38.2 Å². The van der Waals surface area contributed by atoms with Crippen LogP contribution in [0.2, 0.25) is 0 Å². The minimum atomic E-state index is -0.276. The Morgan fingerprint density at radius 1 is 1.28 bits per heavy atom. The standard InChI is InChI=1S/C22H28N2O5/c25-10-2-1-3-16-4-5-19-17(13-16)8-9-24-20(19)6-7-21(23-22(24)26)29-15-18-14-27-11-12-28-18/h4-6,13,18,25H,1-3,7-12,14-15H2/t18-/m0/s1. The summed E-state index contributed by atoms with van der Waals surface area (Å²) in [5.41, 5.74) is 4.55. The molecule has 156 valence electrons. The lowest BCUT2D eigenvalue weighted by Gasteiger charge is -2.30. The molecule has 3 aliphatic heterocycles. The van der Waals surface area contributed by atoms with Crippen molar-refractivity contribution in [3.63, 3.8) is 0 Å². The highest BCUT2D eigenvalue weighted by Crippen LogP contribution is 2.32. The van der Waals surface area contributed by atoms with Gasteiger partial charge in [-0.05, 0) is 36.8 Å². The van der Waals surface area contributed by atoms with Crippen LogP contribution in [0.5, 0.6) is 0 Å². The number of aliphatic hydroxyl groups is 1. The highest BCUT2D eigenvalue weighted by molar-refractivity contribution is 5.98. The van der Waals surface area contributed by atoms with Crippen molar-refractivity contribution in [3.8, 4) is 0 Å². The third-order valence-electron chi connectivity index (χ3n) is 5.46. The number of amides is 2. The van der Waals surface area contributed by atoms with Crippen LogP contribution in [0.3, 0.4) is 0 Å². The number of carbonyl (C=O) groups excluding carboxylic acids is 1. The molecule has 1 atom stereocenters. The summed E-state index contributed by atoms with van der Waals surface area (Å²) in [6.07, 6.45) is 5.96. The molecule has 1 saturated heterocycles. The van der Waals surface area contributed by atoms with Gasteiger partial charge in [0.15, 0.2) is 5.90 Å². The van der Waals surface area contributed by atoms with E-state index in [1.165, 1.54) is 11.1 Å². The lowest BCUT2D eigenvalue weighted by atomic mass is 9.93. The fourth-order valence-electron chi connectivity index (χ4n) is 3.93. The van der Waals surface area contributed by atoms with Crippen LogP contribution in [0.15, 0.2) is 29.3 Å². The zero-order chi connectivity index (χ0) is 20.1. The van der Waals surface area contributed by atoms with Crippen molar-refractivity contribution < 1.29 is 24.1 Å². The average molecular weight is 400 g/mol. The van der Waals surface area contributed by atoms with Gasteiger partial charge in [0.25, 0.3) is 0 Å². The maximum atomic E-state index is 12.7. The summed E-state index contributed by atoms with van der Waals surface area (Å²) >= 11 is 0. The van der Waals surface area contributed by atoms with Crippen LogP contribution in [-0.4, -0.2) is 67.6 Å². The molecule has 0 radical (unpaired) electrons. The molecule has 2 amide bonds. The van der Waals surface area contributed by atoms with Crippen molar-refractivity contribution in [3.05, 3.63) is 41.0 Å². The Morgan fingerprint density at radius 2 is 2.21 bits per heavy atom. The maximum Gasteiger partial charge on any atom is 0.351 e. The fourth-order valence-corrected chi connectivity index (χ4v) is 3.93. The summed E-state index contributed by atoms with van der Waals surface area (Å²) in [5, 5.41) is 8.97. The van der Waals surface area contributed by atoms with Gasteiger partial charge >= 0.3 is 6.03 Å². The molecule has 7 nitrogen and oxygen atoms in total. The van der Waals surface area contributed by atoms with E-state index in [1.54, 1.807) is 4.90 Å². The molecule has 0 aromatic heterocycles. The highest BCUT2D eigenvalue weighted by atomic mass is 16.6. The summed E-state index contributed by atoms with van der Waals surface area (Å²) in [6.45, 7) is 2.87. The van der Waals surface area contributed by atoms with Gasteiger partial charge in [0, 0.05) is 30.8 Å². The lowest BCUT2D eigenvalue weighted by molar-refractivity contribution is -0.103. The molecule has 3 aliphatic rings. The van der Waals surface area contributed by atoms with E-state index >= 15 is 0 Å². The first kappa shape index (κ1) is 20.1. The Kier molecular flexibility index (Phi) is 6.59. The molecule has 3 heterocycles. The molecule has 1 aromatic carbocycles. The van der Waals surface area contributed by atoms with Gasteiger partial charge in [-0.1, -0.05) is 24.3 Å². The van der Waals surface area contributed by atoms with E-state index in [-0.39, 0.29) is 18.7 Å². The van der Waals surface area contributed by atoms with Crippen LogP contribution in [0, 0.1) is 0 Å². The Morgan fingerprint density at radius 3 is 3.03 bits per heavy atom. The average Bonchev–Trinajstić information content (AvgIpc) is 2.92. The van der Waals surface area contributed by atoms with E-state index in [9.17, 15) is 4.79 Å². The van der Waals surface area contributed by atoms with Crippen LogP contribution >= 0.6 is 0 Å². The van der Waals surface area contributed by atoms with E-state index in [4.69, 9.17) is 19.3 Å². The number of benzene rings is 1. The quantitative estimate of drug-likeness (QED) is 0.743. The first-order valence-corrected chi connectivity index (χ1v) is 10.4. The molecule has 0 aliphatic carbocycles. The summed E-state index contributed by atoms with van der Waals surface area (Å²) < 4.78 is 16.7. The predicted molar refractivity (Wildman–Crippen MR) is 109 cm³/mol. The number of rotatable bonds is 6. The number of nitrogens with zero attached hydrogens (tertiary/aromatic N) is 2. The largest absolute Gasteiger partial charge is 0.478 e. The summed E-state index contributed by atoms with van der Waals surface area (Å²) in [4.78, 5) is 18.6. The number of aliphatic hydroxyl groups excluding tert-OH is 1. The zero-order valence-corrected chi connectivity index (χ0v) is 16.6. The van der Waals surface area contributed by atoms with Crippen molar-refractivity contribution in [2.75, 3.05) is 39.6 Å². The number of aryl methyl sites for hydroxylation is 1. The molecule has 1 aromatic rings. The van der Waals surface area contributed by atoms with Gasteiger partial charge in [0.05, 0.1) is 19.8 Å². The number of aliphatic imine (C=N–C) groups is 1. The predicted octanol–water partition coefficient (Wildman–Crippen LogP) is 2.55. The Hall–Kier alpha value is -2.22. The monoisotopic (exact) mass is 400 g/mol. The molecule has 7 heteroatoms. The second kappa shape index (κ2) is 9.52. The third kappa shape index (κ3) is 4.86. The number of ether oxygens (including phenoxy) is 3. The van der Waals surface area contributed by atoms with Crippen LogP contribution in [0.1, 0.15) is 36.0 Å². The van der Waals surface area contributed by atoms with Crippen LogP contribution in [-0.2, 0) is 27.1 Å². The van der Waals surface area contributed by atoms with Gasteiger partial charge < -0.3 is 19.3 Å². The molecule has 0 spiro atoms. The van der Waals surface area contributed by atoms with E-state index in [0.717, 1.165) is 36.9 Å². The maximum absolute atomic E-state index is 12.7. The van der Waals surface area contributed by atoms with Gasteiger partial charge in [-0.25, -0.2) is 4.79 Å². The number of hydrogen-bond acceptors (Lipinski definition) is 5. The van der Waals surface area contributed by atoms with E-state index < -0.39 is 0 Å². The topological polar surface area (TPSA) is 80.6 Å². The summed E-state index contributed by atoms with van der Waals surface area (Å²) in [7, 11) is 0. The van der Waals surface area contributed by atoms with Crippen LogP contribution in [0.25, 0.3) is 5.70 Å². The van der Waals surface area contributed by atoms with Gasteiger partial charge in [-0.2, -0.15) is 4.99 Å². The third-order valence-corrected chi connectivity index (χ3v) is 5.46. The molecule has 1 fully saturated rings. The molecular formula is C22H28N2O5. The SMILES string of the molecule is O=C1N=C(OC[C@@H]2COCCO2)CC=C2c3ccc(CCCCO)cc3CCN12. The summed E-state index contributed by atoms with van der Waals surface area (Å²) in [6, 6.07) is 6.18. The van der Waals surface area contributed by atoms with Crippen LogP contribution < -0.4 is 0 Å². The lowest BCUT2D eigenvalue weighted by Crippen LogP contribution is -2.34. The Labute approximate surface area is 171 Å². The molecule has 0 bridgehead atoms. The first-order chi connectivity index (χ1) is 14.2. The van der Waals surface area contributed by atoms with Gasteiger partial charge in [-0.15, -0.1) is 0 Å². The number of urea groups is 1. The van der Waals surface area contributed by atoms with Crippen LogP contribution in [0.4, 0.5) is 4.79 Å². The second-order valence-corrected chi connectivity index (χ2v) is 7.53. The number of carbonyl (C=O) groups is 1. The Balaban J connectivity index is 1.45. The number of hydrogen-bond donors (Lipinski definition) is 1. The van der Waals surface area contributed by atoms with E-state index in [1.807, 2.05) is 6.08 Å². The van der Waals surface area contributed by atoms with E-state index in [2.05, 4.69) is 23.2 Å². The highest BCUT2D eigenvalue weighted by Gasteiger charge is 2.28. The van der Waals surface area contributed by atoms with Crippen molar-refractivity contribution in [2.24, 2.45) is 4.99 Å². The molecule has 4 rings (SSSR count). The molecule has 0 saturated carbocycles. The minimum absolute atomic E-state index is 0.120. The smallest absolute Gasteiger partial charge is 0.351 e. The van der Waals surface area contributed by atoms with Gasteiger partial charge in [0.1, 0.15) is 12.7 Å². The first-order valence-electron chi connectivity index (χ1n) is 10.4. The van der Waals surface area contributed by atoms with Crippen molar-refractivity contribution >= 4 is 17.6 Å². The number of unbranched alkanes of at least 4 members (excludes halogenated alkanes) is 1. The molecule has 0 unspecified atom stereocenters.